The molecule has 2 aliphatic rings. The summed E-state index contributed by atoms with van der Waals surface area (Å²) >= 11 is 1.57. The number of rotatable bonds is 4. The molecule has 9 heteroatoms. The summed E-state index contributed by atoms with van der Waals surface area (Å²) in [6.45, 7) is 7.07. The molecule has 0 saturated carbocycles. The number of hydrogen-bond acceptors (Lipinski definition) is 6. The Bertz CT molecular complexity index is 1270. The van der Waals surface area contributed by atoms with E-state index in [0.29, 0.717) is 25.2 Å². The number of anilines is 1. The summed E-state index contributed by atoms with van der Waals surface area (Å²) in [7, 11) is -3.06. The molecule has 2 fully saturated rings. The van der Waals surface area contributed by atoms with Crippen LogP contribution in [0.15, 0.2) is 41.8 Å². The summed E-state index contributed by atoms with van der Waals surface area (Å²) in [5.41, 5.74) is 5.00. The van der Waals surface area contributed by atoms with E-state index in [1.165, 1.54) is 16.8 Å². The van der Waals surface area contributed by atoms with Gasteiger partial charge in [0.05, 0.1) is 28.1 Å². The van der Waals surface area contributed by atoms with Crippen molar-refractivity contribution < 1.29 is 13.2 Å². The lowest BCUT2D eigenvalue weighted by atomic mass is 10.1. The first-order valence-corrected chi connectivity index (χ1v) is 14.0. The molecule has 0 spiro atoms. The molecular formula is C24H28N4O3S2. The molecule has 174 valence electrons. The van der Waals surface area contributed by atoms with E-state index in [4.69, 9.17) is 0 Å². The van der Waals surface area contributed by atoms with Crippen LogP contribution in [0.2, 0.25) is 0 Å². The van der Waals surface area contributed by atoms with Crippen molar-refractivity contribution >= 4 is 32.8 Å². The van der Waals surface area contributed by atoms with Gasteiger partial charge in [-0.25, -0.2) is 8.42 Å². The van der Waals surface area contributed by atoms with Gasteiger partial charge in [0.15, 0.2) is 15.5 Å². The zero-order valence-electron chi connectivity index (χ0n) is 18.9. The van der Waals surface area contributed by atoms with E-state index < -0.39 is 9.84 Å². The van der Waals surface area contributed by atoms with Crippen LogP contribution in [0.3, 0.4) is 0 Å². The van der Waals surface area contributed by atoms with Crippen LogP contribution >= 0.6 is 11.3 Å². The molecule has 1 aromatic carbocycles. The molecule has 0 aliphatic carbocycles. The van der Waals surface area contributed by atoms with Crippen LogP contribution < -0.4 is 4.90 Å². The number of benzene rings is 1. The Kier molecular flexibility index (Phi) is 5.78. The topological polar surface area (TPSA) is 75.5 Å². The second-order valence-corrected chi connectivity index (χ2v) is 12.1. The number of amides is 1. The van der Waals surface area contributed by atoms with Crippen LogP contribution in [0.4, 0.5) is 5.69 Å². The van der Waals surface area contributed by atoms with Gasteiger partial charge in [0.2, 0.25) is 0 Å². The van der Waals surface area contributed by atoms with Gasteiger partial charge in [0.25, 0.3) is 5.91 Å². The van der Waals surface area contributed by atoms with E-state index >= 15 is 0 Å². The minimum absolute atomic E-state index is 0.0786. The molecule has 0 N–H and O–H groups in total. The number of piperazine rings is 1. The van der Waals surface area contributed by atoms with E-state index in [1.54, 1.807) is 16.0 Å². The number of aromatic nitrogens is 2. The minimum atomic E-state index is -3.06. The van der Waals surface area contributed by atoms with Crippen molar-refractivity contribution in [3.63, 3.8) is 0 Å². The average Bonchev–Trinajstić information content (AvgIpc) is 3.54. The lowest BCUT2D eigenvalue weighted by molar-refractivity contribution is 0.0739. The molecule has 0 unspecified atom stereocenters. The lowest BCUT2D eigenvalue weighted by Crippen LogP contribution is -2.49. The molecule has 2 saturated heterocycles. The van der Waals surface area contributed by atoms with Crippen molar-refractivity contribution in [2.24, 2.45) is 0 Å². The second kappa shape index (κ2) is 8.61. The number of carbonyl (C=O) groups is 1. The molecule has 0 radical (unpaired) electrons. The summed E-state index contributed by atoms with van der Waals surface area (Å²) in [5.74, 6) is 0.160. The van der Waals surface area contributed by atoms with Crippen molar-refractivity contribution in [1.29, 1.82) is 0 Å². The normalized spacial score (nSPS) is 20.4. The highest BCUT2D eigenvalue weighted by molar-refractivity contribution is 7.91. The molecule has 7 nitrogen and oxygen atoms in total. The molecule has 5 rings (SSSR count). The smallest absolute Gasteiger partial charge is 0.274 e. The molecule has 2 aromatic heterocycles. The number of nitrogens with zero attached hydrogens (tertiary/aromatic N) is 4. The highest BCUT2D eigenvalue weighted by atomic mass is 32.2. The Labute approximate surface area is 198 Å². The van der Waals surface area contributed by atoms with E-state index in [9.17, 15) is 13.2 Å². The molecular weight excluding hydrogens is 456 g/mol. The molecule has 1 amide bonds. The maximum absolute atomic E-state index is 13.4. The predicted octanol–water partition coefficient (Wildman–Crippen LogP) is 3.55. The fourth-order valence-electron chi connectivity index (χ4n) is 4.74. The number of aryl methyl sites for hydroxylation is 1. The highest BCUT2D eigenvalue weighted by Gasteiger charge is 2.33. The largest absolute Gasteiger partial charge is 0.368 e. The Hall–Kier alpha value is -2.65. The van der Waals surface area contributed by atoms with Gasteiger partial charge in [-0.15, -0.1) is 11.3 Å². The van der Waals surface area contributed by atoms with Crippen molar-refractivity contribution in [2.75, 3.05) is 42.6 Å². The average molecular weight is 485 g/mol. The van der Waals surface area contributed by atoms with Gasteiger partial charge in [0, 0.05) is 31.9 Å². The molecule has 1 atom stereocenters. The van der Waals surface area contributed by atoms with E-state index in [-0.39, 0.29) is 23.5 Å². The van der Waals surface area contributed by atoms with Gasteiger partial charge >= 0.3 is 0 Å². The van der Waals surface area contributed by atoms with Gasteiger partial charge in [0.1, 0.15) is 0 Å². The SMILES string of the molecule is Cc1cccc(N2CCN(C(=O)c3cc(-c4cccs4)n([C@H]4CCS(=O)(=O)C4)n3)CC2)c1C. The van der Waals surface area contributed by atoms with Gasteiger partial charge in [-0.2, -0.15) is 5.10 Å². The number of hydrogen-bond donors (Lipinski definition) is 0. The second-order valence-electron chi connectivity index (χ2n) is 8.89. The van der Waals surface area contributed by atoms with Crippen LogP contribution in [0.1, 0.15) is 34.1 Å². The zero-order valence-corrected chi connectivity index (χ0v) is 20.5. The Morgan fingerprint density at radius 3 is 2.55 bits per heavy atom. The van der Waals surface area contributed by atoms with Crippen molar-refractivity contribution in [2.45, 2.75) is 26.3 Å². The number of carbonyl (C=O) groups excluding carboxylic acids is 1. The first-order valence-electron chi connectivity index (χ1n) is 11.3. The molecule has 2 aliphatic heterocycles. The summed E-state index contributed by atoms with van der Waals surface area (Å²) in [6.07, 6.45) is 0.532. The summed E-state index contributed by atoms with van der Waals surface area (Å²) in [6, 6.07) is 11.9. The quantitative estimate of drug-likeness (QED) is 0.566. The lowest BCUT2D eigenvalue weighted by Gasteiger charge is -2.36. The van der Waals surface area contributed by atoms with Crippen molar-refractivity contribution in [3.8, 4) is 10.6 Å². The third kappa shape index (κ3) is 4.31. The first-order chi connectivity index (χ1) is 15.8. The van der Waals surface area contributed by atoms with E-state index in [1.807, 2.05) is 28.5 Å². The maximum atomic E-state index is 13.4. The molecule has 4 heterocycles. The van der Waals surface area contributed by atoms with Crippen molar-refractivity contribution in [1.82, 2.24) is 14.7 Å². The monoisotopic (exact) mass is 484 g/mol. The van der Waals surface area contributed by atoms with E-state index in [2.05, 4.69) is 42.0 Å². The standard InChI is InChI=1S/C24H28N4O3S2/c1-17-5-3-6-21(18(17)2)26-9-11-27(12-10-26)24(29)20-15-22(23-7-4-13-32-23)28(25-20)19-8-14-33(30,31)16-19/h3-7,13,15,19H,8-12,14,16H2,1-2H3/t19-/m0/s1. The zero-order chi connectivity index (χ0) is 23.2. The first kappa shape index (κ1) is 22.2. The Morgan fingerprint density at radius 2 is 1.88 bits per heavy atom. The summed E-state index contributed by atoms with van der Waals surface area (Å²) < 4.78 is 25.9. The minimum Gasteiger partial charge on any atom is -0.368 e. The van der Waals surface area contributed by atoms with Gasteiger partial charge in [-0.05, 0) is 55.0 Å². The number of thiophene rings is 1. The Balaban J connectivity index is 1.36. The van der Waals surface area contributed by atoms with E-state index in [0.717, 1.165) is 23.7 Å². The van der Waals surface area contributed by atoms with Crippen LogP contribution in [-0.4, -0.2) is 66.7 Å². The maximum Gasteiger partial charge on any atom is 0.274 e. The van der Waals surface area contributed by atoms with Gasteiger partial charge in [-0.3, -0.25) is 9.48 Å². The van der Waals surface area contributed by atoms with Crippen LogP contribution in [0, 0.1) is 13.8 Å². The Morgan fingerprint density at radius 1 is 1.09 bits per heavy atom. The summed E-state index contributed by atoms with van der Waals surface area (Å²) in [5, 5.41) is 6.62. The highest BCUT2D eigenvalue weighted by Crippen LogP contribution is 2.33. The van der Waals surface area contributed by atoms with Crippen molar-refractivity contribution in [3.05, 3.63) is 58.6 Å². The fourth-order valence-corrected chi connectivity index (χ4v) is 7.17. The summed E-state index contributed by atoms with van der Waals surface area (Å²) in [4.78, 5) is 18.5. The van der Waals surface area contributed by atoms with Gasteiger partial charge < -0.3 is 9.80 Å². The van der Waals surface area contributed by atoms with Crippen LogP contribution in [-0.2, 0) is 9.84 Å². The van der Waals surface area contributed by atoms with Crippen LogP contribution in [0.25, 0.3) is 10.6 Å². The third-order valence-electron chi connectivity index (χ3n) is 6.77. The molecule has 3 aromatic rings. The molecule has 0 bridgehead atoms. The fraction of sp³-hybridized carbons (Fsp3) is 0.417. The predicted molar refractivity (Wildman–Crippen MR) is 132 cm³/mol. The number of sulfone groups is 1. The van der Waals surface area contributed by atoms with Crippen LogP contribution in [0.5, 0.6) is 0 Å². The van der Waals surface area contributed by atoms with Gasteiger partial charge in [-0.1, -0.05) is 18.2 Å². The third-order valence-corrected chi connectivity index (χ3v) is 9.41. The molecule has 33 heavy (non-hydrogen) atoms.